The van der Waals surface area contributed by atoms with Crippen molar-refractivity contribution in [3.63, 3.8) is 0 Å². The number of nitrogens with zero attached hydrogens (tertiary/aromatic N) is 3. The fourth-order valence-corrected chi connectivity index (χ4v) is 3.71. The number of aryl methyl sites for hydroxylation is 1. The van der Waals surface area contributed by atoms with Crippen molar-refractivity contribution in [3.8, 4) is 5.75 Å². The molecule has 2 heterocycles. The van der Waals surface area contributed by atoms with Gasteiger partial charge in [-0.2, -0.15) is 8.78 Å². The molecule has 3 rings (SSSR count). The van der Waals surface area contributed by atoms with Crippen molar-refractivity contribution < 1.29 is 22.5 Å². The molecule has 0 bridgehead atoms. The predicted molar refractivity (Wildman–Crippen MR) is 110 cm³/mol. The molecule has 1 aromatic carbocycles. The Bertz CT molecular complexity index is 991. The van der Waals surface area contributed by atoms with Crippen molar-refractivity contribution in [2.75, 3.05) is 14.2 Å². The topological polar surface area (TPSA) is 90.1 Å². The van der Waals surface area contributed by atoms with Crippen molar-refractivity contribution in [3.05, 3.63) is 47.8 Å². The number of ether oxygens (including phenoxy) is 2. The van der Waals surface area contributed by atoms with Crippen molar-refractivity contribution in [2.24, 2.45) is 7.05 Å². The standard InChI is InChI=1S/C16H17N3O2S.C2H4F2O.H2NP/c1-11-13(17-9-8-15(11)21-3)10-22(20)16-18-12-6-4-5-7-14(12)19(16)2;1-5-2(3)4;1-2/h4-9H,10H2,1-3H3;2H,1H3;1-2H/i;;2T. The molecule has 11 heteroatoms. The highest BCUT2D eigenvalue weighted by atomic mass is 32.2. The summed E-state index contributed by atoms with van der Waals surface area (Å²) in [6.45, 7) is -0.692. The summed E-state index contributed by atoms with van der Waals surface area (Å²) in [7, 11) is 3.10. The number of imidazole rings is 1. The average molecular weight is 446 g/mol. The number of methoxy groups -OCH3 is 2. The normalized spacial score (nSPS) is 11.9. The maximum atomic E-state index is 12.7. The first-order valence-corrected chi connectivity index (χ1v) is 9.97. The molecular formula is C18H23F2N4O3PS. The highest BCUT2D eigenvalue weighted by Crippen LogP contribution is 2.23. The molecule has 1 unspecified atom stereocenters. The molecule has 0 spiro atoms. The summed E-state index contributed by atoms with van der Waals surface area (Å²) in [6.07, 6.45) is 1.67. The molecule has 1 atom stereocenters. The number of fused-ring (bicyclic) bond motifs is 1. The molecule has 0 aliphatic heterocycles. The van der Waals surface area contributed by atoms with Crippen LogP contribution in [0.5, 0.6) is 5.75 Å². The lowest BCUT2D eigenvalue weighted by Gasteiger charge is -2.09. The van der Waals surface area contributed by atoms with E-state index >= 15 is 0 Å². The van der Waals surface area contributed by atoms with Crippen LogP contribution in [0.4, 0.5) is 8.78 Å². The van der Waals surface area contributed by atoms with Crippen LogP contribution < -0.4 is 4.74 Å². The predicted octanol–water partition coefficient (Wildman–Crippen LogP) is 4.34. The van der Waals surface area contributed by atoms with Gasteiger partial charge in [0.2, 0.25) is 0 Å². The van der Waals surface area contributed by atoms with Crippen molar-refractivity contribution in [1.82, 2.24) is 14.5 Å². The van der Waals surface area contributed by atoms with Gasteiger partial charge in [-0.1, -0.05) is 12.1 Å². The third kappa shape index (κ3) is 6.62. The van der Waals surface area contributed by atoms with Gasteiger partial charge in [0.1, 0.15) is 7.03 Å². The molecule has 0 aliphatic rings. The Hall–Kier alpha value is -2.29. The van der Waals surface area contributed by atoms with Crippen LogP contribution in [0.2, 0.25) is 0 Å². The Morgan fingerprint density at radius 3 is 2.52 bits per heavy atom. The van der Waals surface area contributed by atoms with Gasteiger partial charge in [-0.25, -0.2) is 4.98 Å². The number of rotatable bonds is 5. The second-order valence-electron chi connectivity index (χ2n) is 5.51. The number of halogens is 2. The Morgan fingerprint density at radius 1 is 1.34 bits per heavy atom. The fraction of sp³-hybridized carbons (Fsp3) is 0.333. The molecule has 0 amide bonds. The van der Waals surface area contributed by atoms with Crippen LogP contribution in [0.25, 0.3) is 11.0 Å². The van der Waals surface area contributed by atoms with Gasteiger partial charge >= 0.3 is 6.61 Å². The van der Waals surface area contributed by atoms with Gasteiger partial charge in [-0.3, -0.25) is 14.4 Å². The van der Waals surface area contributed by atoms with E-state index in [0.717, 1.165) is 35.2 Å². The van der Waals surface area contributed by atoms with Gasteiger partial charge < -0.3 is 14.0 Å². The first-order chi connectivity index (χ1) is 14.3. The van der Waals surface area contributed by atoms with E-state index in [1.54, 1.807) is 19.4 Å². The maximum absolute atomic E-state index is 12.7. The number of alkyl halides is 2. The maximum Gasteiger partial charge on any atom is 0.345 e. The molecule has 0 saturated carbocycles. The van der Waals surface area contributed by atoms with Crippen LogP contribution in [0.3, 0.4) is 0 Å². The SMILES string of the molecule is COC(F)F.COc1ccnc(CS(=O)c2nc3ccccc3n2C)c1C.[3H]P=N. The molecule has 7 nitrogen and oxygen atoms in total. The van der Waals surface area contributed by atoms with Gasteiger partial charge in [0.25, 0.3) is 0 Å². The average Bonchev–Trinajstić information content (AvgIpc) is 3.07. The molecule has 0 radical (unpaired) electrons. The third-order valence-corrected chi connectivity index (χ3v) is 5.18. The lowest BCUT2D eigenvalue weighted by molar-refractivity contribution is -0.105. The van der Waals surface area contributed by atoms with Gasteiger partial charge in [0.15, 0.2) is 5.16 Å². The van der Waals surface area contributed by atoms with Crippen LogP contribution in [-0.2, 0) is 28.3 Å². The van der Waals surface area contributed by atoms with E-state index in [1.165, 1.54) is 0 Å². The first-order valence-electron chi connectivity index (χ1n) is 8.65. The molecule has 0 aliphatic carbocycles. The zero-order valence-corrected chi connectivity index (χ0v) is 18.1. The molecule has 1 N–H and O–H groups in total. The van der Waals surface area contributed by atoms with Gasteiger partial charge in [-0.15, -0.1) is 0 Å². The number of benzene rings is 1. The van der Waals surface area contributed by atoms with E-state index in [-0.39, 0.29) is 8.98 Å². The highest BCUT2D eigenvalue weighted by Gasteiger charge is 2.16. The second kappa shape index (κ2) is 12.3. The monoisotopic (exact) mass is 446 g/mol. The molecule has 0 saturated heterocycles. The van der Waals surface area contributed by atoms with Crippen LogP contribution in [0, 0.1) is 12.1 Å². The van der Waals surface area contributed by atoms with Crippen molar-refractivity contribution >= 4 is 30.8 Å². The fourth-order valence-electron chi connectivity index (χ4n) is 2.44. The quantitative estimate of drug-likeness (QED) is 0.589. The number of hydrogen-bond acceptors (Lipinski definition) is 6. The summed E-state index contributed by atoms with van der Waals surface area (Å²) in [5, 5.41) is 6.41. The Labute approximate surface area is 173 Å². The van der Waals surface area contributed by atoms with E-state index in [4.69, 9.17) is 11.2 Å². The Balaban J connectivity index is 0.000000485. The number of aromatic nitrogens is 3. The van der Waals surface area contributed by atoms with Crippen molar-refractivity contribution in [1.29, 1.82) is 6.44 Å². The molecule has 0 fully saturated rings. The summed E-state index contributed by atoms with van der Waals surface area (Å²) in [5.41, 5.74) is 3.51. The lowest BCUT2D eigenvalue weighted by atomic mass is 10.2. The third-order valence-electron chi connectivity index (χ3n) is 3.87. The largest absolute Gasteiger partial charge is 0.496 e. The van der Waals surface area contributed by atoms with Gasteiger partial charge in [0, 0.05) is 25.9 Å². The van der Waals surface area contributed by atoms with Crippen LogP contribution in [0.1, 0.15) is 11.3 Å². The molecule has 158 valence electrons. The molecule has 2 aromatic heterocycles. The van der Waals surface area contributed by atoms with Crippen molar-refractivity contribution in [2.45, 2.75) is 24.4 Å². The van der Waals surface area contributed by atoms with E-state index in [9.17, 15) is 13.0 Å². The summed E-state index contributed by atoms with van der Waals surface area (Å²) >= 11 is 0. The highest BCUT2D eigenvalue weighted by molar-refractivity contribution is 7.84. The van der Waals surface area contributed by atoms with Crippen LogP contribution in [-0.4, -0.2) is 40.9 Å². The minimum absolute atomic E-state index is 0.0833. The summed E-state index contributed by atoms with van der Waals surface area (Å²) in [6, 6.07) is 9.57. The number of hydrogen-bond donors (Lipinski definition) is 1. The number of nitrogens with one attached hydrogen (secondary N) is 1. The van der Waals surface area contributed by atoms with E-state index in [0.29, 0.717) is 10.9 Å². The van der Waals surface area contributed by atoms with Gasteiger partial charge in [-0.05, 0) is 34.1 Å². The molecule has 29 heavy (non-hydrogen) atoms. The summed E-state index contributed by atoms with van der Waals surface area (Å²) in [5.74, 6) is 1.08. The second-order valence-corrected chi connectivity index (χ2v) is 6.86. The minimum Gasteiger partial charge on any atom is -0.496 e. The number of pyridine rings is 1. The Morgan fingerprint density at radius 2 is 1.97 bits per heavy atom. The lowest BCUT2D eigenvalue weighted by Crippen LogP contribution is -2.07. The number of para-hydroxylation sites is 2. The summed E-state index contributed by atoms with van der Waals surface area (Å²) in [4.78, 5) is 8.81. The molecular weight excluding hydrogens is 421 g/mol. The first kappa shape index (κ1) is 23.0. The van der Waals surface area contributed by atoms with E-state index < -0.39 is 17.4 Å². The zero-order chi connectivity index (χ0) is 22.7. The minimum atomic E-state index is -2.62. The Kier molecular flexibility index (Phi) is 9.76. The van der Waals surface area contributed by atoms with E-state index in [2.05, 4.69) is 14.7 Å². The van der Waals surface area contributed by atoms with Crippen LogP contribution >= 0.6 is 8.98 Å². The molecule has 3 aromatic rings. The van der Waals surface area contributed by atoms with E-state index in [1.807, 2.05) is 42.8 Å². The summed E-state index contributed by atoms with van der Waals surface area (Å²) < 4.78 is 50.2. The van der Waals surface area contributed by atoms with Crippen LogP contribution in [0.15, 0.2) is 41.7 Å². The zero-order valence-electron chi connectivity index (χ0n) is 17.4. The smallest absolute Gasteiger partial charge is 0.345 e. The van der Waals surface area contributed by atoms with Gasteiger partial charge in [0.05, 0.1) is 40.4 Å².